The van der Waals surface area contributed by atoms with E-state index >= 15 is 0 Å². The number of benzene rings is 1. The van der Waals surface area contributed by atoms with Crippen LogP contribution in [0, 0.1) is 0 Å². The molecule has 2 aromatic rings. The van der Waals surface area contributed by atoms with Crippen LogP contribution in [0.1, 0.15) is 33.7 Å². The summed E-state index contributed by atoms with van der Waals surface area (Å²) in [4.78, 5) is 31.4. The van der Waals surface area contributed by atoms with Gasteiger partial charge in [0.15, 0.2) is 0 Å². The standard InChI is InChI=1S/C16H16N4O3/c1-23-16(22)10-2-4-11(5-3-10)19-14-8-13(17-9-18-14)15(21)20-12-6-7-12/h2-5,8-9,12H,6-7H2,1H3,(H,20,21)(H,17,18,19). The van der Waals surface area contributed by atoms with Crippen LogP contribution in [0.3, 0.4) is 0 Å². The summed E-state index contributed by atoms with van der Waals surface area (Å²) in [5.41, 5.74) is 1.52. The zero-order valence-electron chi connectivity index (χ0n) is 12.6. The van der Waals surface area contributed by atoms with E-state index in [1.807, 2.05) is 0 Å². The minimum absolute atomic E-state index is 0.195. The molecule has 1 fully saturated rings. The lowest BCUT2D eigenvalue weighted by molar-refractivity contribution is 0.0600. The third kappa shape index (κ3) is 3.82. The van der Waals surface area contributed by atoms with Crippen LogP contribution in [-0.4, -0.2) is 35.0 Å². The Kier molecular flexibility index (Phi) is 4.18. The fraction of sp³-hybridized carbons (Fsp3) is 0.250. The number of amides is 1. The van der Waals surface area contributed by atoms with E-state index in [1.54, 1.807) is 30.3 Å². The number of anilines is 2. The number of rotatable bonds is 5. The Hall–Kier alpha value is -2.96. The van der Waals surface area contributed by atoms with Gasteiger partial charge >= 0.3 is 5.97 Å². The summed E-state index contributed by atoms with van der Waals surface area (Å²) in [6, 6.07) is 8.63. The monoisotopic (exact) mass is 312 g/mol. The Balaban J connectivity index is 1.69. The van der Waals surface area contributed by atoms with Crippen molar-refractivity contribution in [3.63, 3.8) is 0 Å². The first-order chi connectivity index (χ1) is 11.2. The number of nitrogens with zero attached hydrogens (tertiary/aromatic N) is 2. The van der Waals surface area contributed by atoms with Crippen molar-refractivity contribution in [2.24, 2.45) is 0 Å². The minimum Gasteiger partial charge on any atom is -0.465 e. The summed E-state index contributed by atoms with van der Waals surface area (Å²) in [5, 5.41) is 5.95. The Morgan fingerprint density at radius 3 is 2.57 bits per heavy atom. The van der Waals surface area contributed by atoms with Crippen molar-refractivity contribution in [1.82, 2.24) is 15.3 Å². The van der Waals surface area contributed by atoms with Crippen LogP contribution in [0.5, 0.6) is 0 Å². The molecule has 118 valence electrons. The van der Waals surface area contributed by atoms with Crippen molar-refractivity contribution in [2.75, 3.05) is 12.4 Å². The average molecular weight is 312 g/mol. The minimum atomic E-state index is -0.391. The number of esters is 1. The molecule has 1 aromatic carbocycles. The van der Waals surface area contributed by atoms with Crippen molar-refractivity contribution in [3.05, 3.63) is 47.9 Å². The molecule has 7 heteroatoms. The van der Waals surface area contributed by atoms with Gasteiger partial charge < -0.3 is 15.4 Å². The van der Waals surface area contributed by atoms with Crippen LogP contribution in [0.2, 0.25) is 0 Å². The van der Waals surface area contributed by atoms with Crippen molar-refractivity contribution >= 4 is 23.4 Å². The smallest absolute Gasteiger partial charge is 0.337 e. The summed E-state index contributed by atoms with van der Waals surface area (Å²) in [7, 11) is 1.34. The fourth-order valence-corrected chi connectivity index (χ4v) is 1.99. The highest BCUT2D eigenvalue weighted by molar-refractivity contribution is 5.93. The van der Waals surface area contributed by atoms with Crippen molar-refractivity contribution in [2.45, 2.75) is 18.9 Å². The molecule has 0 radical (unpaired) electrons. The highest BCUT2D eigenvalue weighted by Crippen LogP contribution is 2.20. The zero-order chi connectivity index (χ0) is 16.2. The SMILES string of the molecule is COC(=O)c1ccc(Nc2cc(C(=O)NC3CC3)ncn2)cc1. The van der Waals surface area contributed by atoms with Crippen LogP contribution >= 0.6 is 0 Å². The van der Waals surface area contributed by atoms with Gasteiger partial charge in [0.1, 0.15) is 17.8 Å². The number of aromatic nitrogens is 2. The highest BCUT2D eigenvalue weighted by atomic mass is 16.5. The van der Waals surface area contributed by atoms with E-state index in [-0.39, 0.29) is 11.9 Å². The van der Waals surface area contributed by atoms with Crippen LogP contribution in [0.25, 0.3) is 0 Å². The third-order valence-corrected chi connectivity index (χ3v) is 3.39. The molecule has 0 saturated heterocycles. The summed E-state index contributed by atoms with van der Waals surface area (Å²) in [6.07, 6.45) is 3.38. The van der Waals surface area contributed by atoms with Gasteiger partial charge in [-0.05, 0) is 37.1 Å². The molecular weight excluding hydrogens is 296 g/mol. The quantitative estimate of drug-likeness (QED) is 0.819. The van der Waals surface area contributed by atoms with Gasteiger partial charge in [-0.25, -0.2) is 14.8 Å². The molecule has 0 spiro atoms. The third-order valence-electron chi connectivity index (χ3n) is 3.39. The van der Waals surface area contributed by atoms with E-state index in [9.17, 15) is 9.59 Å². The number of carbonyl (C=O) groups is 2. The lowest BCUT2D eigenvalue weighted by Crippen LogP contribution is -2.26. The fourth-order valence-electron chi connectivity index (χ4n) is 1.99. The molecule has 1 saturated carbocycles. The molecule has 0 atom stereocenters. The molecule has 7 nitrogen and oxygen atoms in total. The maximum absolute atomic E-state index is 12.0. The van der Waals surface area contributed by atoms with Crippen molar-refractivity contribution in [3.8, 4) is 0 Å². The Labute approximate surface area is 133 Å². The Morgan fingerprint density at radius 2 is 1.91 bits per heavy atom. The summed E-state index contributed by atoms with van der Waals surface area (Å²) >= 11 is 0. The van der Waals surface area contributed by atoms with Gasteiger partial charge in [-0.2, -0.15) is 0 Å². The van der Waals surface area contributed by atoms with Gasteiger partial charge in [-0.15, -0.1) is 0 Å². The van der Waals surface area contributed by atoms with Crippen molar-refractivity contribution in [1.29, 1.82) is 0 Å². The molecule has 1 heterocycles. The molecule has 1 aliphatic carbocycles. The molecule has 3 rings (SSSR count). The molecular formula is C16H16N4O3. The van der Waals surface area contributed by atoms with Gasteiger partial charge in [0.25, 0.3) is 5.91 Å². The molecule has 0 unspecified atom stereocenters. The number of hydrogen-bond acceptors (Lipinski definition) is 6. The predicted octanol–water partition coefficient (Wildman–Crippen LogP) is 1.90. The van der Waals surface area contributed by atoms with E-state index in [2.05, 4.69) is 25.3 Å². The lowest BCUT2D eigenvalue weighted by Gasteiger charge is -2.08. The normalized spacial score (nSPS) is 13.3. The lowest BCUT2D eigenvalue weighted by atomic mass is 10.2. The number of ether oxygens (including phenoxy) is 1. The second kappa shape index (κ2) is 6.43. The summed E-state index contributed by atoms with van der Waals surface area (Å²) < 4.78 is 4.65. The van der Waals surface area contributed by atoms with Crippen molar-refractivity contribution < 1.29 is 14.3 Å². The highest BCUT2D eigenvalue weighted by Gasteiger charge is 2.24. The van der Waals surface area contributed by atoms with E-state index < -0.39 is 5.97 Å². The van der Waals surface area contributed by atoms with E-state index in [0.717, 1.165) is 18.5 Å². The molecule has 2 N–H and O–H groups in total. The Bertz CT molecular complexity index is 726. The average Bonchev–Trinajstić information content (AvgIpc) is 3.39. The number of nitrogens with one attached hydrogen (secondary N) is 2. The van der Waals surface area contributed by atoms with Gasteiger partial charge in [-0.3, -0.25) is 4.79 Å². The number of carbonyl (C=O) groups excluding carboxylic acids is 2. The van der Waals surface area contributed by atoms with Crippen LogP contribution in [-0.2, 0) is 4.74 Å². The van der Waals surface area contributed by atoms with E-state index in [0.29, 0.717) is 17.1 Å². The van der Waals surface area contributed by atoms with E-state index in [1.165, 1.54) is 13.4 Å². The van der Waals surface area contributed by atoms with Crippen LogP contribution < -0.4 is 10.6 Å². The molecule has 1 aromatic heterocycles. The maximum Gasteiger partial charge on any atom is 0.337 e. The predicted molar refractivity (Wildman–Crippen MR) is 83.6 cm³/mol. The van der Waals surface area contributed by atoms with Gasteiger partial charge in [0.2, 0.25) is 0 Å². The first kappa shape index (κ1) is 15.0. The molecule has 0 bridgehead atoms. The molecule has 23 heavy (non-hydrogen) atoms. The Morgan fingerprint density at radius 1 is 1.17 bits per heavy atom. The zero-order valence-corrected chi connectivity index (χ0v) is 12.6. The largest absolute Gasteiger partial charge is 0.465 e. The summed E-state index contributed by atoms with van der Waals surface area (Å²) in [5.74, 6) is -0.0802. The number of hydrogen-bond donors (Lipinski definition) is 2. The topological polar surface area (TPSA) is 93.2 Å². The molecule has 1 amide bonds. The number of methoxy groups -OCH3 is 1. The molecule has 1 aliphatic rings. The first-order valence-electron chi connectivity index (χ1n) is 7.24. The van der Waals surface area contributed by atoms with Gasteiger partial charge in [0, 0.05) is 17.8 Å². The van der Waals surface area contributed by atoms with Gasteiger partial charge in [-0.1, -0.05) is 0 Å². The second-order valence-corrected chi connectivity index (χ2v) is 5.23. The van der Waals surface area contributed by atoms with Gasteiger partial charge in [0.05, 0.1) is 12.7 Å². The second-order valence-electron chi connectivity index (χ2n) is 5.23. The maximum atomic E-state index is 12.0. The molecule has 0 aliphatic heterocycles. The van der Waals surface area contributed by atoms with Crippen LogP contribution in [0.4, 0.5) is 11.5 Å². The first-order valence-corrected chi connectivity index (χ1v) is 7.24. The van der Waals surface area contributed by atoms with Crippen LogP contribution in [0.15, 0.2) is 36.7 Å². The van der Waals surface area contributed by atoms with E-state index in [4.69, 9.17) is 0 Å². The summed E-state index contributed by atoms with van der Waals surface area (Å²) in [6.45, 7) is 0.